The lowest BCUT2D eigenvalue weighted by molar-refractivity contribution is 0.0707. The van der Waals surface area contributed by atoms with Gasteiger partial charge in [0.05, 0.1) is 4.99 Å². The second-order valence-electron chi connectivity index (χ2n) is 4.47. The van der Waals surface area contributed by atoms with E-state index in [1.54, 1.807) is 17.0 Å². The van der Waals surface area contributed by atoms with E-state index in [1.165, 1.54) is 0 Å². The number of carbonyl (C=O) groups excluding carboxylic acids is 1. The molecule has 0 aliphatic heterocycles. The van der Waals surface area contributed by atoms with Crippen molar-refractivity contribution in [1.82, 2.24) is 4.90 Å². The average Bonchev–Trinajstić information content (AvgIpc) is 2.69. The minimum absolute atomic E-state index is 0.134. The molecule has 0 fully saturated rings. The highest BCUT2D eigenvalue weighted by molar-refractivity contribution is 9.10. The Morgan fingerprint density at radius 3 is 2.67 bits per heavy atom. The molecule has 1 aromatic heterocycles. The van der Waals surface area contributed by atoms with Crippen LogP contribution in [-0.2, 0) is 0 Å². The summed E-state index contributed by atoms with van der Waals surface area (Å²) in [5.41, 5.74) is 5.48. The zero-order chi connectivity index (χ0) is 13.7. The highest BCUT2D eigenvalue weighted by Crippen LogP contribution is 2.16. The van der Waals surface area contributed by atoms with Gasteiger partial charge in [-0.25, -0.2) is 0 Å². The number of amides is 1. The van der Waals surface area contributed by atoms with Gasteiger partial charge in [-0.3, -0.25) is 4.79 Å². The number of thiocarbonyl (C=S) groups is 1. The minimum atomic E-state index is -0.134. The highest BCUT2D eigenvalue weighted by atomic mass is 79.9. The van der Waals surface area contributed by atoms with Gasteiger partial charge in [-0.1, -0.05) is 26.1 Å². The number of halogens is 1. The van der Waals surface area contributed by atoms with Gasteiger partial charge in [0.15, 0.2) is 10.4 Å². The fourth-order valence-corrected chi connectivity index (χ4v) is 1.94. The Morgan fingerprint density at radius 1 is 1.56 bits per heavy atom. The summed E-state index contributed by atoms with van der Waals surface area (Å²) < 4.78 is 5.82. The van der Waals surface area contributed by atoms with Gasteiger partial charge in [-0.15, -0.1) is 0 Å². The lowest BCUT2D eigenvalue weighted by Gasteiger charge is -2.23. The van der Waals surface area contributed by atoms with Crippen LogP contribution in [0.5, 0.6) is 0 Å². The van der Waals surface area contributed by atoms with E-state index < -0.39 is 0 Å². The predicted molar refractivity (Wildman–Crippen MR) is 78.6 cm³/mol. The van der Waals surface area contributed by atoms with E-state index in [0.717, 1.165) is 0 Å². The van der Waals surface area contributed by atoms with Crippen LogP contribution in [0.3, 0.4) is 0 Å². The first-order chi connectivity index (χ1) is 8.40. The third-order valence-electron chi connectivity index (χ3n) is 2.28. The molecule has 1 aromatic rings. The van der Waals surface area contributed by atoms with Crippen molar-refractivity contribution >= 4 is 39.0 Å². The van der Waals surface area contributed by atoms with E-state index in [9.17, 15) is 4.79 Å². The quantitative estimate of drug-likeness (QED) is 0.814. The van der Waals surface area contributed by atoms with Crippen LogP contribution in [0.2, 0.25) is 0 Å². The number of hydrogen-bond donors (Lipinski definition) is 1. The van der Waals surface area contributed by atoms with Crippen LogP contribution in [0.1, 0.15) is 30.8 Å². The Labute approximate surface area is 121 Å². The number of nitrogens with two attached hydrogens (primary N) is 1. The molecule has 1 amide bonds. The van der Waals surface area contributed by atoms with Gasteiger partial charge in [0, 0.05) is 19.5 Å². The van der Waals surface area contributed by atoms with Crippen LogP contribution < -0.4 is 5.73 Å². The van der Waals surface area contributed by atoms with E-state index in [-0.39, 0.29) is 5.91 Å². The molecule has 2 N–H and O–H groups in total. The van der Waals surface area contributed by atoms with E-state index in [0.29, 0.717) is 40.8 Å². The van der Waals surface area contributed by atoms with Crippen LogP contribution in [0.15, 0.2) is 21.2 Å². The number of furan rings is 1. The third-order valence-corrected chi connectivity index (χ3v) is 2.92. The number of nitrogens with zero attached hydrogens (tertiary/aromatic N) is 1. The molecule has 1 rings (SSSR count). The van der Waals surface area contributed by atoms with E-state index in [1.807, 2.05) is 0 Å². The van der Waals surface area contributed by atoms with Crippen LogP contribution in [0.25, 0.3) is 0 Å². The van der Waals surface area contributed by atoms with Gasteiger partial charge < -0.3 is 15.1 Å². The molecule has 0 unspecified atom stereocenters. The smallest absolute Gasteiger partial charge is 0.289 e. The Balaban J connectivity index is 2.75. The SMILES string of the molecule is CC(C)CN(CCC(N)=S)C(=O)c1ccc(Br)o1. The van der Waals surface area contributed by atoms with E-state index >= 15 is 0 Å². The van der Waals surface area contributed by atoms with Crippen molar-refractivity contribution in [3.63, 3.8) is 0 Å². The maximum atomic E-state index is 12.2. The summed E-state index contributed by atoms with van der Waals surface area (Å²) in [6.07, 6.45) is 0.523. The standard InChI is InChI=1S/C12H17BrN2O2S/c1-8(2)7-15(6-5-11(14)18)12(16)9-3-4-10(13)17-9/h3-4,8H,5-7H2,1-2H3,(H2,14,18). The molecule has 0 bridgehead atoms. The molecule has 0 spiro atoms. The molecule has 1 heterocycles. The zero-order valence-electron chi connectivity index (χ0n) is 10.5. The molecular weight excluding hydrogens is 316 g/mol. The second-order valence-corrected chi connectivity index (χ2v) is 5.77. The van der Waals surface area contributed by atoms with E-state index in [4.69, 9.17) is 22.4 Å². The number of hydrogen-bond acceptors (Lipinski definition) is 3. The summed E-state index contributed by atoms with van der Waals surface area (Å²) in [7, 11) is 0. The molecule has 0 atom stereocenters. The lowest BCUT2D eigenvalue weighted by Crippen LogP contribution is -2.36. The molecule has 18 heavy (non-hydrogen) atoms. The van der Waals surface area contributed by atoms with Crippen LogP contribution in [0, 0.1) is 5.92 Å². The lowest BCUT2D eigenvalue weighted by atomic mass is 10.2. The molecule has 100 valence electrons. The zero-order valence-corrected chi connectivity index (χ0v) is 12.9. The molecule has 0 aliphatic carbocycles. The average molecular weight is 333 g/mol. The van der Waals surface area contributed by atoms with Gasteiger partial charge in [0.25, 0.3) is 5.91 Å². The summed E-state index contributed by atoms with van der Waals surface area (Å²) in [6, 6.07) is 3.36. The van der Waals surface area contributed by atoms with Crippen LogP contribution >= 0.6 is 28.1 Å². The van der Waals surface area contributed by atoms with Gasteiger partial charge in [-0.2, -0.15) is 0 Å². The third kappa shape index (κ3) is 4.78. The summed E-state index contributed by atoms with van der Waals surface area (Å²) in [4.78, 5) is 14.4. The Morgan fingerprint density at radius 2 is 2.22 bits per heavy atom. The molecule has 6 heteroatoms. The van der Waals surface area contributed by atoms with Gasteiger partial charge in [0.2, 0.25) is 0 Å². The monoisotopic (exact) mass is 332 g/mol. The largest absolute Gasteiger partial charge is 0.444 e. The van der Waals surface area contributed by atoms with Gasteiger partial charge in [0.1, 0.15) is 0 Å². The van der Waals surface area contributed by atoms with Gasteiger partial charge >= 0.3 is 0 Å². The molecule has 0 aromatic carbocycles. The maximum absolute atomic E-state index is 12.2. The molecule has 4 nitrogen and oxygen atoms in total. The fourth-order valence-electron chi connectivity index (χ4n) is 1.55. The summed E-state index contributed by atoms with van der Waals surface area (Å²) >= 11 is 8.03. The fraction of sp³-hybridized carbons (Fsp3) is 0.500. The Bertz CT molecular complexity index is 431. The van der Waals surface area contributed by atoms with Crippen molar-refractivity contribution in [3.8, 4) is 0 Å². The van der Waals surface area contributed by atoms with Crippen molar-refractivity contribution in [3.05, 3.63) is 22.6 Å². The van der Waals surface area contributed by atoms with Crippen molar-refractivity contribution < 1.29 is 9.21 Å². The predicted octanol–water partition coefficient (Wildman–Crippen LogP) is 2.82. The Hall–Kier alpha value is -0.880. The van der Waals surface area contributed by atoms with Gasteiger partial charge in [-0.05, 0) is 34.0 Å². The Kier molecular flexibility index (Phi) is 5.81. The first kappa shape index (κ1) is 15.2. The minimum Gasteiger partial charge on any atom is -0.444 e. The molecule has 0 radical (unpaired) electrons. The first-order valence-corrected chi connectivity index (χ1v) is 6.93. The second kappa shape index (κ2) is 6.89. The van der Waals surface area contributed by atoms with Crippen molar-refractivity contribution in [2.45, 2.75) is 20.3 Å². The van der Waals surface area contributed by atoms with Crippen LogP contribution in [-0.4, -0.2) is 28.9 Å². The molecule has 0 aliphatic rings. The normalized spacial score (nSPS) is 10.7. The topological polar surface area (TPSA) is 59.5 Å². The summed E-state index contributed by atoms with van der Waals surface area (Å²) in [5, 5.41) is 0. The molecule has 0 saturated carbocycles. The first-order valence-electron chi connectivity index (χ1n) is 5.73. The van der Waals surface area contributed by atoms with E-state index in [2.05, 4.69) is 29.8 Å². The summed E-state index contributed by atoms with van der Waals surface area (Å²) in [5.74, 6) is 0.565. The molecule has 0 saturated heterocycles. The summed E-state index contributed by atoms with van der Waals surface area (Å²) in [6.45, 7) is 5.28. The van der Waals surface area contributed by atoms with Crippen molar-refractivity contribution in [2.75, 3.05) is 13.1 Å². The maximum Gasteiger partial charge on any atom is 0.289 e. The van der Waals surface area contributed by atoms with Crippen molar-refractivity contribution in [2.24, 2.45) is 11.7 Å². The number of rotatable bonds is 6. The number of carbonyl (C=O) groups is 1. The molecular formula is C12H17BrN2O2S. The highest BCUT2D eigenvalue weighted by Gasteiger charge is 2.19. The van der Waals surface area contributed by atoms with Crippen molar-refractivity contribution in [1.29, 1.82) is 0 Å². The van der Waals surface area contributed by atoms with Crippen LogP contribution in [0.4, 0.5) is 0 Å².